The first kappa shape index (κ1) is 21.6. The lowest BCUT2D eigenvalue weighted by Gasteiger charge is -2.16. The van der Waals surface area contributed by atoms with E-state index in [-0.39, 0.29) is 17.9 Å². The van der Waals surface area contributed by atoms with Crippen LogP contribution in [-0.2, 0) is 24.9 Å². The van der Waals surface area contributed by atoms with E-state index in [9.17, 15) is 19.2 Å². The number of anilines is 1. The molecule has 1 aliphatic heterocycles. The number of nitrogens with zero attached hydrogens (tertiary/aromatic N) is 2. The third-order valence-corrected chi connectivity index (χ3v) is 6.36. The van der Waals surface area contributed by atoms with Crippen molar-refractivity contribution in [2.75, 3.05) is 12.3 Å². The largest absolute Gasteiger partial charge is 0.488 e. The maximum Gasteiger partial charge on any atom is 0.348 e. The van der Waals surface area contributed by atoms with Crippen LogP contribution in [0.4, 0.5) is 5.82 Å². The zero-order valence-electron chi connectivity index (χ0n) is 17.5. The highest BCUT2D eigenvalue weighted by molar-refractivity contribution is 7.17. The van der Waals surface area contributed by atoms with Crippen molar-refractivity contribution in [3.8, 4) is 16.2 Å². The van der Waals surface area contributed by atoms with Crippen LogP contribution in [0.2, 0.25) is 0 Å². The van der Waals surface area contributed by atoms with Crippen LogP contribution in [0.5, 0.6) is 5.75 Å². The van der Waals surface area contributed by atoms with Crippen molar-refractivity contribution in [2.45, 2.75) is 26.5 Å². The van der Waals surface area contributed by atoms with E-state index in [0.717, 1.165) is 26.3 Å². The summed E-state index contributed by atoms with van der Waals surface area (Å²) in [5.41, 5.74) is 5.92. The van der Waals surface area contributed by atoms with Gasteiger partial charge in [0.1, 0.15) is 28.6 Å². The molecule has 0 saturated carbocycles. The Hall–Kier alpha value is -3.66. The normalized spacial score (nSPS) is 11.9. The van der Waals surface area contributed by atoms with Crippen LogP contribution < -0.4 is 21.7 Å². The molecule has 2 aromatic heterocycles. The van der Waals surface area contributed by atoms with Gasteiger partial charge in [-0.1, -0.05) is 19.1 Å². The molecule has 0 bridgehead atoms. The van der Waals surface area contributed by atoms with E-state index in [1.165, 1.54) is 23.0 Å². The molecule has 10 heteroatoms. The molecule has 0 unspecified atom stereocenters. The van der Waals surface area contributed by atoms with Crippen LogP contribution in [0.1, 0.15) is 38.9 Å². The molecule has 0 fully saturated rings. The Morgan fingerprint density at radius 2 is 2.00 bits per heavy atom. The van der Waals surface area contributed by atoms with E-state index in [1.807, 2.05) is 31.2 Å². The lowest BCUT2D eigenvalue weighted by atomic mass is 10.1. The molecule has 3 aromatic rings. The molecule has 0 amide bonds. The number of nitrogen functional groups attached to an aromatic ring is 1. The van der Waals surface area contributed by atoms with Gasteiger partial charge >= 0.3 is 11.7 Å². The van der Waals surface area contributed by atoms with Gasteiger partial charge in [0.2, 0.25) is 5.78 Å². The number of rotatable bonds is 6. The number of carbonyl (C=O) groups is 2. The van der Waals surface area contributed by atoms with Crippen molar-refractivity contribution in [1.82, 2.24) is 9.13 Å². The van der Waals surface area contributed by atoms with Crippen LogP contribution in [-0.4, -0.2) is 27.5 Å². The van der Waals surface area contributed by atoms with Crippen LogP contribution in [0.15, 0.2) is 39.9 Å². The van der Waals surface area contributed by atoms with Crippen molar-refractivity contribution < 1.29 is 19.1 Å². The topological polar surface area (TPSA) is 123 Å². The summed E-state index contributed by atoms with van der Waals surface area (Å²) in [6.07, 6.45) is 0.584. The molecule has 1 aliphatic rings. The Balaban J connectivity index is 1.55. The average Bonchev–Trinajstić information content (AvgIpc) is 3.24. The first-order valence-electron chi connectivity index (χ1n) is 9.98. The van der Waals surface area contributed by atoms with E-state index in [1.54, 1.807) is 6.07 Å². The van der Waals surface area contributed by atoms with Gasteiger partial charge in [0, 0.05) is 29.6 Å². The molecule has 0 saturated heterocycles. The average molecular weight is 455 g/mol. The number of esters is 1. The molecule has 0 spiro atoms. The fourth-order valence-electron chi connectivity index (χ4n) is 3.56. The molecule has 0 atom stereocenters. The van der Waals surface area contributed by atoms with Crippen molar-refractivity contribution in [1.29, 1.82) is 0 Å². The standard InChI is InChI=1S/C22H21N3O6S/c1-3-8-25-19(23)17(20(27)24(2)22(25)29)14(26)11-31-21(28)16-9-12-10-30-15-7-5-4-6-13(15)18(12)32-16/h4-7,9H,3,8,10-11,23H2,1-2H3. The number of nitrogens with two attached hydrogens (primary N) is 1. The summed E-state index contributed by atoms with van der Waals surface area (Å²) in [6, 6.07) is 9.20. The highest BCUT2D eigenvalue weighted by Gasteiger charge is 2.25. The van der Waals surface area contributed by atoms with Crippen molar-refractivity contribution in [2.24, 2.45) is 7.05 Å². The maximum absolute atomic E-state index is 12.7. The summed E-state index contributed by atoms with van der Waals surface area (Å²) in [4.78, 5) is 51.2. The van der Waals surface area contributed by atoms with Crippen LogP contribution in [0, 0.1) is 0 Å². The molecule has 0 radical (unpaired) electrons. The first-order valence-corrected chi connectivity index (χ1v) is 10.8. The number of para-hydroxylation sites is 1. The van der Waals surface area contributed by atoms with Gasteiger partial charge in [-0.3, -0.25) is 18.7 Å². The Morgan fingerprint density at radius 1 is 1.25 bits per heavy atom. The monoisotopic (exact) mass is 455 g/mol. The summed E-state index contributed by atoms with van der Waals surface area (Å²) in [7, 11) is 1.27. The Morgan fingerprint density at radius 3 is 2.75 bits per heavy atom. The first-order chi connectivity index (χ1) is 15.3. The minimum atomic E-state index is -0.818. The summed E-state index contributed by atoms with van der Waals surface area (Å²) in [6.45, 7) is 1.76. The minimum Gasteiger partial charge on any atom is -0.488 e. The van der Waals surface area contributed by atoms with Gasteiger partial charge in [-0.2, -0.15) is 0 Å². The second kappa shape index (κ2) is 8.46. The number of Topliss-reactive ketones (excluding diaryl/α,β-unsaturated/α-hetero) is 1. The smallest absolute Gasteiger partial charge is 0.348 e. The number of ether oxygens (including phenoxy) is 2. The van der Waals surface area contributed by atoms with Gasteiger partial charge in [-0.25, -0.2) is 9.59 Å². The Kier molecular flexibility index (Phi) is 5.70. The number of fused-ring (bicyclic) bond motifs is 3. The molecule has 1 aromatic carbocycles. The lowest BCUT2D eigenvalue weighted by molar-refractivity contribution is 0.0479. The SMILES string of the molecule is CCCn1c(N)c(C(=O)COC(=O)c2cc3c(s2)-c2ccccc2OC3)c(=O)n(C)c1=O. The molecule has 4 rings (SSSR count). The zero-order chi connectivity index (χ0) is 23.0. The van der Waals surface area contributed by atoms with E-state index < -0.39 is 29.6 Å². The number of thiophene rings is 1. The molecular weight excluding hydrogens is 434 g/mol. The highest BCUT2D eigenvalue weighted by atomic mass is 32.1. The van der Waals surface area contributed by atoms with E-state index >= 15 is 0 Å². The van der Waals surface area contributed by atoms with Crippen molar-refractivity contribution >= 4 is 28.9 Å². The number of hydrogen-bond acceptors (Lipinski definition) is 8. The quantitative estimate of drug-likeness (QED) is 0.446. The fourth-order valence-corrected chi connectivity index (χ4v) is 4.65. The third kappa shape index (κ3) is 3.62. The summed E-state index contributed by atoms with van der Waals surface area (Å²) < 4.78 is 12.9. The van der Waals surface area contributed by atoms with Crippen LogP contribution in [0.25, 0.3) is 10.4 Å². The van der Waals surface area contributed by atoms with Gasteiger partial charge in [0.05, 0.1) is 0 Å². The second-order valence-electron chi connectivity index (χ2n) is 7.31. The number of benzene rings is 1. The number of hydrogen-bond donors (Lipinski definition) is 1. The fraction of sp³-hybridized carbons (Fsp3) is 0.273. The maximum atomic E-state index is 12.7. The van der Waals surface area contributed by atoms with Gasteiger partial charge < -0.3 is 15.2 Å². The number of aromatic nitrogens is 2. The van der Waals surface area contributed by atoms with Crippen molar-refractivity contribution in [3.63, 3.8) is 0 Å². The molecule has 2 N–H and O–H groups in total. The van der Waals surface area contributed by atoms with Gasteiger partial charge in [0.25, 0.3) is 5.56 Å². The lowest BCUT2D eigenvalue weighted by Crippen LogP contribution is -2.43. The molecule has 0 aliphatic carbocycles. The predicted molar refractivity (Wildman–Crippen MR) is 119 cm³/mol. The van der Waals surface area contributed by atoms with E-state index in [4.69, 9.17) is 15.2 Å². The minimum absolute atomic E-state index is 0.221. The number of ketones is 1. The molecule has 3 heterocycles. The van der Waals surface area contributed by atoms with Gasteiger partial charge in [-0.05, 0) is 24.6 Å². The molecular formula is C22H21N3O6S. The summed E-state index contributed by atoms with van der Waals surface area (Å²) in [5.74, 6) is -0.935. The zero-order valence-corrected chi connectivity index (χ0v) is 18.4. The summed E-state index contributed by atoms with van der Waals surface area (Å²) >= 11 is 1.25. The molecule has 32 heavy (non-hydrogen) atoms. The molecule has 166 valence electrons. The third-order valence-electron chi connectivity index (χ3n) is 5.17. The highest BCUT2D eigenvalue weighted by Crippen LogP contribution is 2.42. The van der Waals surface area contributed by atoms with Gasteiger partial charge in [-0.15, -0.1) is 11.3 Å². The van der Waals surface area contributed by atoms with Crippen LogP contribution in [0.3, 0.4) is 0 Å². The summed E-state index contributed by atoms with van der Waals surface area (Å²) in [5, 5.41) is 0. The Bertz CT molecular complexity index is 1350. The van der Waals surface area contributed by atoms with Gasteiger partial charge in [0.15, 0.2) is 6.61 Å². The number of carbonyl (C=O) groups excluding carboxylic acids is 2. The van der Waals surface area contributed by atoms with E-state index in [2.05, 4.69) is 0 Å². The van der Waals surface area contributed by atoms with Crippen LogP contribution >= 0.6 is 11.3 Å². The molecule has 9 nitrogen and oxygen atoms in total. The predicted octanol–water partition coefficient (Wildman–Crippen LogP) is 2.20. The second-order valence-corrected chi connectivity index (χ2v) is 8.36. The van der Waals surface area contributed by atoms with Crippen molar-refractivity contribution in [3.05, 3.63) is 67.2 Å². The Labute approximate surface area is 186 Å². The van der Waals surface area contributed by atoms with E-state index in [0.29, 0.717) is 17.9 Å².